The Labute approximate surface area is 229 Å². The van der Waals surface area contributed by atoms with E-state index in [9.17, 15) is 0 Å². The van der Waals surface area contributed by atoms with Crippen molar-refractivity contribution < 1.29 is 0 Å². The van der Waals surface area contributed by atoms with E-state index in [-0.39, 0.29) is 0 Å². The van der Waals surface area contributed by atoms with E-state index >= 15 is 0 Å². The summed E-state index contributed by atoms with van der Waals surface area (Å²) in [4.78, 5) is 4.85. The van der Waals surface area contributed by atoms with Gasteiger partial charge in [0.1, 0.15) is 0 Å². The molecule has 0 aromatic heterocycles. The number of nitrogens with zero attached hydrogens (tertiary/aromatic N) is 2. The van der Waals surface area contributed by atoms with Crippen LogP contribution in [-0.4, -0.2) is 24.0 Å². The SMILES string of the molecule is C=CN(/C=C(/C)C(C)C)c1ccc2c(c1)CC(N1CCC(C)=C(N/C(=C\C)c3ccccc3Cl)C1)CC2. The van der Waals surface area contributed by atoms with Crippen LogP contribution < -0.4 is 10.2 Å². The molecule has 1 aliphatic heterocycles. The van der Waals surface area contributed by atoms with Crippen LogP contribution in [0.15, 0.2) is 84.4 Å². The second-order valence-electron chi connectivity index (χ2n) is 10.8. The molecule has 1 aliphatic carbocycles. The zero-order valence-corrected chi connectivity index (χ0v) is 23.9. The van der Waals surface area contributed by atoms with Gasteiger partial charge in [0.05, 0.1) is 0 Å². The third-order valence-electron chi connectivity index (χ3n) is 8.05. The lowest BCUT2D eigenvalue weighted by molar-refractivity contribution is 0.185. The van der Waals surface area contributed by atoms with E-state index in [0.29, 0.717) is 12.0 Å². The van der Waals surface area contributed by atoms with Gasteiger partial charge in [0, 0.05) is 59.2 Å². The molecular weight excluding hydrogens is 474 g/mol. The first kappa shape index (κ1) is 27.3. The Balaban J connectivity index is 1.49. The highest BCUT2D eigenvalue weighted by atomic mass is 35.5. The maximum absolute atomic E-state index is 6.52. The zero-order valence-electron chi connectivity index (χ0n) is 23.2. The van der Waals surface area contributed by atoms with E-state index in [4.69, 9.17) is 11.6 Å². The fraction of sp³-hybridized carbons (Fsp3) is 0.394. The molecule has 3 nitrogen and oxygen atoms in total. The van der Waals surface area contributed by atoms with Crippen molar-refractivity contribution in [1.29, 1.82) is 0 Å². The predicted molar refractivity (Wildman–Crippen MR) is 161 cm³/mol. The Kier molecular flexibility index (Phi) is 9.00. The number of rotatable bonds is 8. The molecule has 0 spiro atoms. The smallest absolute Gasteiger partial charge is 0.0499 e. The fourth-order valence-corrected chi connectivity index (χ4v) is 5.51. The van der Waals surface area contributed by atoms with E-state index < -0.39 is 0 Å². The summed E-state index contributed by atoms with van der Waals surface area (Å²) in [5.41, 5.74) is 10.4. The van der Waals surface area contributed by atoms with E-state index in [1.807, 2.05) is 24.4 Å². The van der Waals surface area contributed by atoms with Gasteiger partial charge < -0.3 is 10.2 Å². The molecule has 4 heteroatoms. The Morgan fingerprint density at radius 2 is 1.95 bits per heavy atom. The van der Waals surface area contributed by atoms with E-state index in [0.717, 1.165) is 48.6 Å². The number of hydrogen-bond acceptors (Lipinski definition) is 3. The Morgan fingerprint density at radius 1 is 1.16 bits per heavy atom. The van der Waals surface area contributed by atoms with Crippen LogP contribution in [0.25, 0.3) is 5.70 Å². The molecule has 0 amide bonds. The molecule has 2 aliphatic rings. The van der Waals surface area contributed by atoms with Crippen molar-refractivity contribution >= 4 is 23.0 Å². The number of hydrogen-bond donors (Lipinski definition) is 1. The molecule has 1 unspecified atom stereocenters. The van der Waals surface area contributed by atoms with Crippen molar-refractivity contribution in [2.24, 2.45) is 5.92 Å². The van der Waals surface area contributed by atoms with Gasteiger partial charge in [-0.2, -0.15) is 0 Å². The van der Waals surface area contributed by atoms with Crippen LogP contribution in [0.5, 0.6) is 0 Å². The molecule has 0 fully saturated rings. The van der Waals surface area contributed by atoms with Gasteiger partial charge >= 0.3 is 0 Å². The highest BCUT2D eigenvalue weighted by Crippen LogP contribution is 2.32. The summed E-state index contributed by atoms with van der Waals surface area (Å²) in [7, 11) is 0. The molecule has 1 N–H and O–H groups in total. The zero-order chi connectivity index (χ0) is 26.5. The second kappa shape index (κ2) is 12.2. The first-order valence-corrected chi connectivity index (χ1v) is 14.0. The number of aryl methyl sites for hydroxylation is 1. The van der Waals surface area contributed by atoms with E-state index in [1.54, 1.807) is 0 Å². The quantitative estimate of drug-likeness (QED) is 0.381. The normalized spacial score (nSPS) is 19.2. The van der Waals surface area contributed by atoms with Crippen LogP contribution in [0, 0.1) is 5.92 Å². The molecule has 0 saturated carbocycles. The third kappa shape index (κ3) is 6.40. The number of halogens is 1. The molecule has 196 valence electrons. The molecular formula is C33H42ClN3. The molecule has 2 aromatic rings. The number of benzene rings is 2. The molecule has 0 radical (unpaired) electrons. The first-order chi connectivity index (χ1) is 17.8. The van der Waals surface area contributed by atoms with Gasteiger partial charge in [-0.25, -0.2) is 0 Å². The molecule has 0 bridgehead atoms. The minimum Gasteiger partial charge on any atom is -0.358 e. The number of allylic oxidation sites excluding steroid dienone is 2. The lowest BCUT2D eigenvalue weighted by Crippen LogP contribution is -2.45. The highest BCUT2D eigenvalue weighted by Gasteiger charge is 2.28. The van der Waals surface area contributed by atoms with Crippen LogP contribution in [-0.2, 0) is 12.8 Å². The molecule has 0 saturated heterocycles. The molecule has 2 aromatic carbocycles. The average molecular weight is 516 g/mol. The van der Waals surface area contributed by atoms with Gasteiger partial charge in [-0.3, -0.25) is 4.90 Å². The largest absolute Gasteiger partial charge is 0.358 e. The number of nitrogens with one attached hydrogen (secondary N) is 1. The van der Waals surface area contributed by atoms with Crippen LogP contribution in [0.1, 0.15) is 64.2 Å². The summed E-state index contributed by atoms with van der Waals surface area (Å²) >= 11 is 6.52. The van der Waals surface area contributed by atoms with Gasteiger partial charge in [0.2, 0.25) is 0 Å². The van der Waals surface area contributed by atoms with Gasteiger partial charge in [-0.1, -0.05) is 73.5 Å². The van der Waals surface area contributed by atoms with Gasteiger partial charge in [0.25, 0.3) is 0 Å². The van der Waals surface area contributed by atoms with Gasteiger partial charge in [0.15, 0.2) is 0 Å². The third-order valence-corrected chi connectivity index (χ3v) is 8.38. The Bertz CT molecular complexity index is 1220. The highest BCUT2D eigenvalue weighted by molar-refractivity contribution is 6.32. The summed E-state index contributed by atoms with van der Waals surface area (Å²) in [6, 6.07) is 15.6. The van der Waals surface area contributed by atoms with Crippen molar-refractivity contribution in [2.75, 3.05) is 18.0 Å². The maximum atomic E-state index is 6.52. The van der Waals surface area contributed by atoms with Crippen molar-refractivity contribution in [1.82, 2.24) is 10.2 Å². The van der Waals surface area contributed by atoms with Crippen LogP contribution >= 0.6 is 11.6 Å². The molecule has 4 rings (SSSR count). The van der Waals surface area contributed by atoms with Crippen LogP contribution in [0.4, 0.5) is 5.69 Å². The topological polar surface area (TPSA) is 18.5 Å². The van der Waals surface area contributed by atoms with Crippen LogP contribution in [0.3, 0.4) is 0 Å². The summed E-state index contributed by atoms with van der Waals surface area (Å²) in [5.74, 6) is 0.517. The summed E-state index contributed by atoms with van der Waals surface area (Å²) in [6.07, 6.45) is 10.8. The van der Waals surface area contributed by atoms with Gasteiger partial charge in [-0.05, 0) is 81.7 Å². The van der Waals surface area contributed by atoms with Crippen LogP contribution in [0.2, 0.25) is 5.02 Å². The Morgan fingerprint density at radius 3 is 2.65 bits per heavy atom. The van der Waals surface area contributed by atoms with Gasteiger partial charge in [-0.15, -0.1) is 0 Å². The maximum Gasteiger partial charge on any atom is 0.0499 e. The molecule has 1 atom stereocenters. The monoisotopic (exact) mass is 515 g/mol. The van der Waals surface area contributed by atoms with Crippen molar-refractivity contribution in [2.45, 2.75) is 66.3 Å². The number of fused-ring (bicyclic) bond motifs is 1. The minimum atomic E-state index is 0.517. The summed E-state index contributed by atoms with van der Waals surface area (Å²) in [6.45, 7) is 17.1. The average Bonchev–Trinajstić information content (AvgIpc) is 2.91. The first-order valence-electron chi connectivity index (χ1n) is 13.6. The second-order valence-corrected chi connectivity index (χ2v) is 11.2. The molecule has 37 heavy (non-hydrogen) atoms. The standard InChI is InChI=1S/C33H42ClN3/c1-7-32(30-11-9-10-12-31(30)34)35-33-22-37(18-17-24(33)5)29-16-14-26-13-15-28(19-27(26)20-29)36(8-2)21-25(6)23(3)4/h7-13,15,19,21,23,29,35H,2,14,16-18,20,22H2,1,3-6H3/b25-21-,32-7-. The lowest BCUT2D eigenvalue weighted by atomic mass is 9.86. The molecule has 1 heterocycles. The van der Waals surface area contributed by atoms with Crippen molar-refractivity contribution in [3.05, 3.63) is 106 Å². The summed E-state index contributed by atoms with van der Waals surface area (Å²) < 4.78 is 0. The van der Waals surface area contributed by atoms with E-state index in [1.165, 1.54) is 40.1 Å². The number of anilines is 1. The van der Waals surface area contributed by atoms with E-state index in [2.05, 4.69) is 92.9 Å². The Hall–Kier alpha value is -2.75. The fourth-order valence-electron chi connectivity index (χ4n) is 5.27. The van der Waals surface area contributed by atoms with Crippen molar-refractivity contribution in [3.63, 3.8) is 0 Å². The lowest BCUT2D eigenvalue weighted by Gasteiger charge is -2.39. The minimum absolute atomic E-state index is 0.517. The predicted octanol–water partition coefficient (Wildman–Crippen LogP) is 8.34. The van der Waals surface area contributed by atoms with Crippen molar-refractivity contribution in [3.8, 4) is 0 Å². The summed E-state index contributed by atoms with van der Waals surface area (Å²) in [5, 5.41) is 4.53.